The number of Topliss-reactive ketones (excluding diaryl/α,β-unsaturated/α-hetero) is 4. The molecule has 0 aliphatic rings. The maximum atomic E-state index is 10.6. The molecule has 0 unspecified atom stereocenters. The number of carbonyl (C=O) groups is 4. The molecule has 4 heterocycles. The molecule has 14 aromatic rings. The van der Waals surface area contributed by atoms with Crippen LogP contribution in [0.15, 0.2) is 255 Å². The molecule has 0 bridgehead atoms. The normalized spacial score (nSPS) is 8.78. The smallest absolute Gasteiger partial charge is 0.167 e. The first-order chi connectivity index (χ1) is 53.1. The fourth-order valence-electron chi connectivity index (χ4n) is 7.60. The van der Waals surface area contributed by atoms with Crippen LogP contribution in [0.25, 0.3) is 65.2 Å². The molecule has 0 atom stereocenters. The lowest BCUT2D eigenvalue weighted by molar-refractivity contribution is -0.115. The third-order valence-corrected chi connectivity index (χ3v) is 14.2. The number of hydrogen-bond donors (Lipinski definition) is 0. The van der Waals surface area contributed by atoms with Crippen LogP contribution in [0.3, 0.4) is 0 Å². The Morgan fingerprint density at radius 3 is 0.482 bits per heavy atom. The van der Waals surface area contributed by atoms with Crippen molar-refractivity contribution in [1.82, 2.24) is 40.3 Å². The minimum Gasteiger partial charge on any atom is -0.300 e. The Morgan fingerprint density at radius 1 is 0.200 bits per heavy atom. The highest BCUT2D eigenvalue weighted by molar-refractivity contribution is 6.41. The van der Waals surface area contributed by atoms with Gasteiger partial charge in [0.25, 0.3) is 0 Å². The van der Waals surface area contributed by atoms with Crippen LogP contribution in [0.1, 0.15) is 173 Å². The fourth-order valence-corrected chi connectivity index (χ4v) is 8.95. The number of fused-ring (bicyclic) bond motifs is 6. The zero-order valence-corrected chi connectivity index (χ0v) is 73.5. The molecule has 20 heteroatoms. The number of nitrogens with zero attached hydrogens (tertiary/aromatic N) is 8. The third-order valence-electron chi connectivity index (χ3n) is 11.9. The first-order valence-electron chi connectivity index (χ1n) is 36.4. The minimum atomic E-state index is 0.121. The molecule has 4 aromatic heterocycles. The monoisotopic (exact) mass is 1640 g/mol. The van der Waals surface area contributed by atoms with Crippen LogP contribution in [0.4, 0.5) is 0 Å². The Hall–Kier alpha value is -8.92. The molecule has 0 N–H and O–H groups in total. The summed E-state index contributed by atoms with van der Waals surface area (Å²) in [5.74, 6) is 0.575. The fraction of sp³-hybridized carbons (Fsp3) is 0.244. The molecular weight excluding hydrogens is 1540 g/mol. The summed E-state index contributed by atoms with van der Waals surface area (Å²) in [7, 11) is 0. The Morgan fingerprint density at radius 2 is 0.336 bits per heavy atom. The molecule has 0 saturated heterocycles. The van der Waals surface area contributed by atoms with E-state index in [0.717, 1.165) is 54.7 Å². The lowest BCUT2D eigenvalue weighted by Gasteiger charge is -1.98. The number of aromatic nitrogens is 8. The Labute approximate surface area is 694 Å². The van der Waals surface area contributed by atoms with Crippen molar-refractivity contribution in [3.63, 3.8) is 0 Å². The standard InChI is InChI=1S/2C10H8.4C8H4Cl2N2.2C8H8O.2C3H6O.8C2H6/c2*1-2-6-10-8-4-3-7-9(10)5-1;2*9-7-8(10)12-6-4-2-1-3-5(6)11-7;2*9-7-5-3-1-2-4-6(5)8(10)12-11-7;2*1-7(9)8-5-3-2-4-6-8;2*1-3(2)4;8*1-2/h2*1-8H;4*1-4H;2*2-6H,1H3;2*1-2H3;8*1-2H3. The van der Waals surface area contributed by atoms with Gasteiger partial charge in [0.2, 0.25) is 0 Å². The zero-order chi connectivity index (χ0) is 84.4. The molecule has 0 fully saturated rings. The minimum absolute atomic E-state index is 0.121. The number of ketones is 4. The van der Waals surface area contributed by atoms with Crippen molar-refractivity contribution in [2.45, 2.75) is 152 Å². The topological polar surface area (TPSA) is 171 Å². The highest BCUT2D eigenvalue weighted by atomic mass is 35.5. The molecular formula is C90H108Cl8N8O4. The summed E-state index contributed by atoms with van der Waals surface area (Å²) in [6.45, 7) is 41.2. The molecule has 0 aliphatic carbocycles. The van der Waals surface area contributed by atoms with Crippen LogP contribution < -0.4 is 0 Å². The summed E-state index contributed by atoms with van der Waals surface area (Å²) < 4.78 is 0. The van der Waals surface area contributed by atoms with Gasteiger partial charge in [-0.1, -0.05) is 434 Å². The van der Waals surface area contributed by atoms with Gasteiger partial charge in [0.1, 0.15) is 11.6 Å². The number of benzene rings is 10. The van der Waals surface area contributed by atoms with E-state index in [2.05, 4.69) is 137 Å². The summed E-state index contributed by atoms with van der Waals surface area (Å²) in [5.41, 5.74) is 4.58. The number of halogens is 8. The Bertz CT molecular complexity index is 4160. The van der Waals surface area contributed by atoms with Gasteiger partial charge < -0.3 is 9.59 Å². The van der Waals surface area contributed by atoms with E-state index in [4.69, 9.17) is 92.8 Å². The molecule has 0 aliphatic heterocycles. The van der Waals surface area contributed by atoms with Crippen LogP contribution >= 0.6 is 92.8 Å². The van der Waals surface area contributed by atoms with Crippen molar-refractivity contribution in [3.8, 4) is 0 Å². The summed E-state index contributed by atoms with van der Waals surface area (Å²) in [6, 6.07) is 81.7. The third kappa shape index (κ3) is 45.3. The maximum Gasteiger partial charge on any atom is 0.167 e. The molecule has 588 valence electrons. The van der Waals surface area contributed by atoms with Crippen molar-refractivity contribution in [2.75, 3.05) is 0 Å². The van der Waals surface area contributed by atoms with Crippen LogP contribution in [0.2, 0.25) is 41.2 Å². The lowest BCUT2D eigenvalue weighted by Crippen LogP contribution is -1.88. The second kappa shape index (κ2) is 69.3. The van der Waals surface area contributed by atoms with Gasteiger partial charge in [-0.05, 0) is 87.4 Å². The van der Waals surface area contributed by atoms with Gasteiger partial charge in [0.05, 0.1) is 22.1 Å². The molecule has 0 radical (unpaired) electrons. The lowest BCUT2D eigenvalue weighted by atomic mass is 10.1. The van der Waals surface area contributed by atoms with Crippen molar-refractivity contribution in [3.05, 3.63) is 307 Å². The molecule has 14 rings (SSSR count). The van der Waals surface area contributed by atoms with E-state index in [9.17, 15) is 19.2 Å². The van der Waals surface area contributed by atoms with E-state index in [-0.39, 0.29) is 43.7 Å². The summed E-state index contributed by atoms with van der Waals surface area (Å²) >= 11 is 45.9. The number of para-hydroxylation sites is 4. The first kappa shape index (κ1) is 107. The molecule has 0 saturated carbocycles. The van der Waals surface area contributed by atoms with Gasteiger partial charge in [-0.3, -0.25) is 9.59 Å². The quantitative estimate of drug-likeness (QED) is 0.150. The van der Waals surface area contributed by atoms with Gasteiger partial charge in [-0.25, -0.2) is 19.9 Å². The average Bonchev–Trinajstić information content (AvgIpc) is 0.876. The van der Waals surface area contributed by atoms with Crippen LogP contribution in [0, 0.1) is 0 Å². The number of rotatable bonds is 2. The van der Waals surface area contributed by atoms with E-state index in [1.54, 1.807) is 13.8 Å². The van der Waals surface area contributed by atoms with Gasteiger partial charge in [0.15, 0.2) is 52.8 Å². The highest BCUT2D eigenvalue weighted by Crippen LogP contribution is 2.27. The Kier molecular flexibility index (Phi) is 67.7. The first-order valence-corrected chi connectivity index (χ1v) is 39.4. The van der Waals surface area contributed by atoms with E-state index < -0.39 is 0 Å². The summed E-state index contributed by atoms with van der Waals surface area (Å²) in [5, 5.41) is 25.9. The van der Waals surface area contributed by atoms with Gasteiger partial charge >= 0.3 is 0 Å². The molecule has 0 amide bonds. The van der Waals surface area contributed by atoms with Crippen LogP contribution in [-0.2, 0) is 9.59 Å². The number of carbonyl (C=O) groups excluding carboxylic acids is 4. The number of hydrogen-bond acceptors (Lipinski definition) is 12. The van der Waals surface area contributed by atoms with E-state index >= 15 is 0 Å². The molecule has 10 aromatic carbocycles. The maximum absolute atomic E-state index is 10.6. The highest BCUT2D eigenvalue weighted by Gasteiger charge is 2.07. The average molecular weight is 1650 g/mol. The Balaban J connectivity index is -0.000000562. The van der Waals surface area contributed by atoms with Gasteiger partial charge in [-0.2, -0.15) is 0 Å². The van der Waals surface area contributed by atoms with Crippen LogP contribution in [0.5, 0.6) is 0 Å². The molecule has 0 spiro atoms. The summed E-state index contributed by atoms with van der Waals surface area (Å²) in [4.78, 5) is 56.4. The second-order valence-electron chi connectivity index (χ2n) is 19.6. The van der Waals surface area contributed by atoms with Gasteiger partial charge in [-0.15, -0.1) is 20.4 Å². The largest absolute Gasteiger partial charge is 0.300 e. The predicted molar refractivity (Wildman–Crippen MR) is 483 cm³/mol. The van der Waals surface area contributed by atoms with Crippen molar-refractivity contribution >= 4 is 181 Å². The second-order valence-corrected chi connectivity index (χ2v) is 22.5. The van der Waals surface area contributed by atoms with Crippen molar-refractivity contribution in [1.29, 1.82) is 0 Å². The summed E-state index contributed by atoms with van der Waals surface area (Å²) in [6.07, 6.45) is 0. The van der Waals surface area contributed by atoms with E-state index in [1.807, 2.05) is 269 Å². The zero-order valence-electron chi connectivity index (χ0n) is 67.5. The molecule has 110 heavy (non-hydrogen) atoms. The van der Waals surface area contributed by atoms with Crippen molar-refractivity contribution in [2.24, 2.45) is 0 Å². The van der Waals surface area contributed by atoms with Gasteiger partial charge in [0, 0.05) is 32.7 Å². The van der Waals surface area contributed by atoms with E-state index in [1.165, 1.54) is 49.2 Å². The predicted octanol–water partition coefficient (Wildman–Crippen LogP) is 30.6. The van der Waals surface area contributed by atoms with E-state index in [0.29, 0.717) is 20.6 Å². The molecule has 12 nitrogen and oxygen atoms in total. The van der Waals surface area contributed by atoms with Crippen molar-refractivity contribution < 1.29 is 19.2 Å². The SMILES string of the molecule is CC.CC.CC.CC.CC.CC.CC.CC.CC(=O)c1ccccc1.CC(=O)c1ccccc1.CC(C)=O.CC(C)=O.Clc1nc2ccccc2nc1Cl.Clc1nc2ccccc2nc1Cl.Clc1nnc(Cl)c2ccccc12.Clc1nnc(Cl)c2ccccc12.c1ccc2ccccc2c1.c1ccc2ccccc2c1. The van der Waals surface area contributed by atoms with Crippen LogP contribution in [-0.4, -0.2) is 63.5 Å².